The minimum atomic E-state index is -0.538. The number of rotatable bonds is 5. The molecule has 2 fully saturated rings. The van der Waals surface area contributed by atoms with Gasteiger partial charge in [0.05, 0.1) is 5.41 Å². The van der Waals surface area contributed by atoms with Crippen molar-refractivity contribution in [2.24, 2.45) is 17.3 Å². The second-order valence-electron chi connectivity index (χ2n) is 9.40. The molecule has 0 spiro atoms. The van der Waals surface area contributed by atoms with Crippen LogP contribution in [-0.4, -0.2) is 48.8 Å². The second kappa shape index (κ2) is 8.25. The number of carbonyl (C=O) groups is 2. The number of amides is 2. The maximum Gasteiger partial charge on any atom is 0.230 e. The van der Waals surface area contributed by atoms with Crippen LogP contribution in [0.25, 0.3) is 11.1 Å². The van der Waals surface area contributed by atoms with Crippen LogP contribution in [0.2, 0.25) is 0 Å². The highest BCUT2D eigenvalue weighted by molar-refractivity contribution is 5.86. The van der Waals surface area contributed by atoms with Crippen molar-refractivity contribution >= 4 is 11.8 Å². The van der Waals surface area contributed by atoms with Crippen molar-refractivity contribution < 1.29 is 9.59 Å². The molecule has 30 heavy (non-hydrogen) atoms. The van der Waals surface area contributed by atoms with Crippen molar-refractivity contribution in [3.63, 3.8) is 0 Å². The number of nitrogens with zero attached hydrogens (tertiary/aromatic N) is 2. The summed E-state index contributed by atoms with van der Waals surface area (Å²) in [6.07, 6.45) is 3.37. The molecule has 0 radical (unpaired) electrons. The third-order valence-electron chi connectivity index (χ3n) is 6.78. The van der Waals surface area contributed by atoms with E-state index in [9.17, 15) is 9.59 Å². The van der Waals surface area contributed by atoms with E-state index in [-0.39, 0.29) is 17.7 Å². The molecule has 2 aromatic carbocycles. The Balaban J connectivity index is 1.56. The van der Waals surface area contributed by atoms with Gasteiger partial charge in [0, 0.05) is 33.1 Å². The van der Waals surface area contributed by atoms with Crippen LogP contribution < -0.4 is 0 Å². The van der Waals surface area contributed by atoms with Crippen LogP contribution in [0, 0.1) is 17.3 Å². The van der Waals surface area contributed by atoms with Gasteiger partial charge in [0.1, 0.15) is 0 Å². The summed E-state index contributed by atoms with van der Waals surface area (Å²) in [4.78, 5) is 29.9. The van der Waals surface area contributed by atoms with E-state index in [1.165, 1.54) is 11.1 Å². The summed E-state index contributed by atoms with van der Waals surface area (Å²) in [5.74, 6) is 1.04. The Hall–Kier alpha value is -2.62. The van der Waals surface area contributed by atoms with E-state index in [1.807, 2.05) is 37.2 Å². The van der Waals surface area contributed by atoms with Gasteiger partial charge in [-0.2, -0.15) is 0 Å². The highest BCUT2D eigenvalue weighted by atomic mass is 16.2. The molecule has 1 aliphatic heterocycles. The molecule has 1 heterocycles. The first kappa shape index (κ1) is 20.6. The van der Waals surface area contributed by atoms with E-state index in [2.05, 4.69) is 43.3 Å². The number of benzene rings is 2. The highest BCUT2D eigenvalue weighted by Gasteiger charge is 2.48. The molecular weight excluding hydrogens is 372 g/mol. The van der Waals surface area contributed by atoms with Gasteiger partial charge < -0.3 is 9.80 Å². The SMILES string of the molecule is C[C@@H]1C[C@@H]1C(=O)N1CCC[C@](Cc2ccc(-c3ccccc3)cc2)(C(=O)N(C)C)C1. The Morgan fingerprint density at radius 2 is 1.67 bits per heavy atom. The van der Waals surface area contributed by atoms with Gasteiger partial charge in [0.15, 0.2) is 0 Å². The minimum Gasteiger partial charge on any atom is -0.348 e. The van der Waals surface area contributed by atoms with E-state index in [0.29, 0.717) is 18.9 Å². The predicted octanol–water partition coefficient (Wildman–Crippen LogP) is 4.25. The summed E-state index contributed by atoms with van der Waals surface area (Å²) in [5.41, 5.74) is 2.98. The zero-order valence-electron chi connectivity index (χ0n) is 18.3. The van der Waals surface area contributed by atoms with Gasteiger partial charge in [0.2, 0.25) is 11.8 Å². The maximum atomic E-state index is 13.3. The first-order chi connectivity index (χ1) is 14.4. The average molecular weight is 405 g/mol. The van der Waals surface area contributed by atoms with Crippen LogP contribution in [0.5, 0.6) is 0 Å². The molecule has 1 aliphatic carbocycles. The summed E-state index contributed by atoms with van der Waals surface area (Å²) in [7, 11) is 3.65. The molecule has 1 saturated carbocycles. The van der Waals surface area contributed by atoms with Gasteiger partial charge in [-0.25, -0.2) is 0 Å². The van der Waals surface area contributed by atoms with Crippen LogP contribution in [0.3, 0.4) is 0 Å². The van der Waals surface area contributed by atoms with E-state index >= 15 is 0 Å². The Labute approximate surface area is 179 Å². The number of likely N-dealkylation sites (tertiary alicyclic amines) is 1. The summed E-state index contributed by atoms with van der Waals surface area (Å²) in [6, 6.07) is 18.9. The molecule has 4 heteroatoms. The Bertz CT molecular complexity index is 906. The number of carbonyl (C=O) groups excluding carboxylic acids is 2. The van der Waals surface area contributed by atoms with Crippen molar-refractivity contribution in [3.8, 4) is 11.1 Å². The molecule has 1 saturated heterocycles. The topological polar surface area (TPSA) is 40.6 Å². The first-order valence-electron chi connectivity index (χ1n) is 11.0. The minimum absolute atomic E-state index is 0.135. The van der Waals surface area contributed by atoms with E-state index in [1.54, 1.807) is 4.90 Å². The fourth-order valence-corrected chi connectivity index (χ4v) is 4.93. The molecule has 158 valence electrons. The molecular formula is C26H32N2O2. The first-order valence-corrected chi connectivity index (χ1v) is 11.0. The van der Waals surface area contributed by atoms with Gasteiger partial charge in [-0.15, -0.1) is 0 Å². The van der Waals surface area contributed by atoms with Crippen molar-refractivity contribution in [2.45, 2.75) is 32.6 Å². The lowest BCUT2D eigenvalue weighted by molar-refractivity contribution is -0.147. The van der Waals surface area contributed by atoms with Gasteiger partial charge in [-0.1, -0.05) is 61.5 Å². The molecule has 2 aromatic rings. The van der Waals surface area contributed by atoms with Gasteiger partial charge in [0.25, 0.3) is 0 Å². The lowest BCUT2D eigenvalue weighted by atomic mass is 9.73. The van der Waals surface area contributed by atoms with Gasteiger partial charge in [-0.3, -0.25) is 9.59 Å². The van der Waals surface area contributed by atoms with Crippen molar-refractivity contribution in [1.29, 1.82) is 0 Å². The molecule has 2 amide bonds. The normalized spacial score (nSPS) is 25.6. The number of hydrogen-bond donors (Lipinski definition) is 0. The highest BCUT2D eigenvalue weighted by Crippen LogP contribution is 2.42. The monoisotopic (exact) mass is 404 g/mol. The molecule has 4 rings (SSSR count). The van der Waals surface area contributed by atoms with E-state index < -0.39 is 5.41 Å². The lowest BCUT2D eigenvalue weighted by Gasteiger charge is -2.43. The van der Waals surface area contributed by atoms with Gasteiger partial charge in [-0.05, 0) is 48.3 Å². The zero-order valence-corrected chi connectivity index (χ0v) is 18.3. The molecule has 2 aliphatic rings. The Morgan fingerprint density at radius 1 is 1.03 bits per heavy atom. The van der Waals surface area contributed by atoms with Crippen LogP contribution in [0.15, 0.2) is 54.6 Å². The van der Waals surface area contributed by atoms with Crippen LogP contribution in [-0.2, 0) is 16.0 Å². The third-order valence-corrected chi connectivity index (χ3v) is 6.78. The predicted molar refractivity (Wildman–Crippen MR) is 120 cm³/mol. The molecule has 3 atom stereocenters. The summed E-state index contributed by atoms with van der Waals surface area (Å²) in [6.45, 7) is 3.45. The van der Waals surface area contributed by atoms with Crippen LogP contribution in [0.1, 0.15) is 31.7 Å². The van der Waals surface area contributed by atoms with Crippen LogP contribution >= 0.6 is 0 Å². The van der Waals surface area contributed by atoms with Crippen molar-refractivity contribution in [3.05, 3.63) is 60.2 Å². The average Bonchev–Trinajstić information content (AvgIpc) is 3.50. The van der Waals surface area contributed by atoms with Crippen LogP contribution in [0.4, 0.5) is 0 Å². The van der Waals surface area contributed by atoms with Gasteiger partial charge >= 0.3 is 0 Å². The second-order valence-corrected chi connectivity index (χ2v) is 9.40. The smallest absolute Gasteiger partial charge is 0.230 e. The lowest BCUT2D eigenvalue weighted by Crippen LogP contribution is -2.54. The fourth-order valence-electron chi connectivity index (χ4n) is 4.93. The fraction of sp³-hybridized carbons (Fsp3) is 0.462. The Kier molecular flexibility index (Phi) is 5.68. The molecule has 0 unspecified atom stereocenters. The van der Waals surface area contributed by atoms with Crippen molar-refractivity contribution in [2.75, 3.05) is 27.2 Å². The molecule has 4 nitrogen and oxygen atoms in total. The summed E-state index contributed by atoms with van der Waals surface area (Å²) in [5, 5.41) is 0. The number of piperidine rings is 1. The summed E-state index contributed by atoms with van der Waals surface area (Å²) >= 11 is 0. The molecule has 0 N–H and O–H groups in total. The third kappa shape index (κ3) is 4.14. The molecule has 0 bridgehead atoms. The quantitative estimate of drug-likeness (QED) is 0.748. The Morgan fingerprint density at radius 3 is 2.27 bits per heavy atom. The zero-order chi connectivity index (χ0) is 21.3. The molecule has 0 aromatic heterocycles. The van der Waals surface area contributed by atoms with Crippen molar-refractivity contribution in [1.82, 2.24) is 9.80 Å². The maximum absolute atomic E-state index is 13.3. The number of hydrogen-bond acceptors (Lipinski definition) is 2. The van der Waals surface area contributed by atoms with E-state index in [4.69, 9.17) is 0 Å². The van der Waals surface area contributed by atoms with E-state index in [0.717, 1.165) is 31.4 Å². The standard InChI is InChI=1S/C26H32N2O2/c1-19-16-23(19)24(29)28-15-7-14-26(18-28,25(30)27(2)3)17-20-10-12-22(13-11-20)21-8-5-4-6-9-21/h4-6,8-13,19,23H,7,14-18H2,1-3H3/t19-,23+,26-/m1/s1. The summed E-state index contributed by atoms with van der Waals surface area (Å²) < 4.78 is 0. The largest absolute Gasteiger partial charge is 0.348 e.